The minimum atomic E-state index is 0.206. The van der Waals surface area contributed by atoms with Crippen LogP contribution in [0, 0.1) is 20.8 Å². The quantitative estimate of drug-likeness (QED) is 0.469. The van der Waals surface area contributed by atoms with E-state index in [1.165, 1.54) is 5.56 Å². The second-order valence-corrected chi connectivity index (χ2v) is 7.40. The second kappa shape index (κ2) is 9.79. The van der Waals surface area contributed by atoms with Gasteiger partial charge in [0, 0.05) is 11.1 Å². The number of carbonyl (C=O) groups is 2. The van der Waals surface area contributed by atoms with Crippen LogP contribution in [-0.4, -0.2) is 11.8 Å². The van der Waals surface area contributed by atoms with E-state index in [2.05, 4.69) is 19.1 Å². The summed E-state index contributed by atoms with van der Waals surface area (Å²) in [5.74, 6) is 0. The maximum absolute atomic E-state index is 12.4. The molecule has 0 heterocycles. The molecule has 1 atom stereocenters. The molecule has 0 bridgehead atoms. The number of benzene rings is 3. The Labute approximate surface area is 157 Å². The lowest BCUT2D eigenvalue weighted by molar-refractivity contribution is 0.108. The first-order valence-corrected chi connectivity index (χ1v) is 9.45. The van der Waals surface area contributed by atoms with Crippen molar-refractivity contribution in [1.29, 1.82) is 0 Å². The third-order valence-electron chi connectivity index (χ3n) is 3.87. The first kappa shape index (κ1) is 19.8. The molecule has 0 radical (unpaired) electrons. The van der Waals surface area contributed by atoms with Gasteiger partial charge in [-0.25, -0.2) is 0 Å². The lowest BCUT2D eigenvalue weighted by atomic mass is 10.0. The molecule has 3 aromatic carbocycles. The van der Waals surface area contributed by atoms with Crippen LogP contribution in [-0.2, 0) is 0 Å². The summed E-state index contributed by atoms with van der Waals surface area (Å²) >= 11 is 0. The fourth-order valence-corrected chi connectivity index (χ4v) is 3.93. The van der Waals surface area contributed by atoms with Gasteiger partial charge in [-0.3, -0.25) is 9.59 Å². The number of hydrogen-bond acceptors (Lipinski definition) is 2. The highest BCUT2D eigenvalue weighted by atomic mass is 31.1. The molecule has 0 saturated heterocycles. The Morgan fingerprint density at radius 3 is 1.77 bits per heavy atom. The Balaban J connectivity index is 0.000000254. The van der Waals surface area contributed by atoms with Crippen LogP contribution in [0.2, 0.25) is 0 Å². The molecule has 0 aliphatic heterocycles. The zero-order valence-corrected chi connectivity index (χ0v) is 16.3. The molecule has 2 nitrogen and oxygen atoms in total. The highest BCUT2D eigenvalue weighted by molar-refractivity contribution is 7.66. The minimum absolute atomic E-state index is 0.206. The number of aryl methyl sites for hydroxylation is 3. The van der Waals surface area contributed by atoms with Crippen LogP contribution in [0.3, 0.4) is 0 Å². The van der Waals surface area contributed by atoms with Crippen molar-refractivity contribution in [3.8, 4) is 0 Å². The summed E-state index contributed by atoms with van der Waals surface area (Å²) in [6.45, 7) is 6.10. The van der Waals surface area contributed by atoms with Crippen molar-refractivity contribution in [2.75, 3.05) is 0 Å². The average Bonchev–Trinajstić information content (AvgIpc) is 2.63. The SMILES string of the molecule is Cc1cc(C)c(C(=O)Pc2ccccc2)c(C)c1.O=Cc1ccccc1. The van der Waals surface area contributed by atoms with Gasteiger partial charge in [0.15, 0.2) is 5.52 Å². The highest BCUT2D eigenvalue weighted by Gasteiger charge is 2.13. The molecule has 0 aliphatic carbocycles. The molecule has 0 aliphatic rings. The fraction of sp³-hybridized carbons (Fsp3) is 0.130. The Kier molecular flexibility index (Phi) is 7.44. The summed E-state index contributed by atoms with van der Waals surface area (Å²) in [5, 5.41) is 1.10. The van der Waals surface area contributed by atoms with Crippen LogP contribution in [0.15, 0.2) is 72.8 Å². The summed E-state index contributed by atoms with van der Waals surface area (Å²) in [4.78, 5) is 22.4. The van der Waals surface area contributed by atoms with Crippen molar-refractivity contribution in [3.05, 3.63) is 101 Å². The molecule has 3 aromatic rings. The maximum atomic E-state index is 12.4. The highest BCUT2D eigenvalue weighted by Crippen LogP contribution is 2.25. The maximum Gasteiger partial charge on any atom is 0.186 e. The normalized spacial score (nSPS) is 10.3. The van der Waals surface area contributed by atoms with Gasteiger partial charge in [-0.15, -0.1) is 0 Å². The topological polar surface area (TPSA) is 34.1 Å². The van der Waals surface area contributed by atoms with Gasteiger partial charge < -0.3 is 0 Å². The van der Waals surface area contributed by atoms with Crippen molar-refractivity contribution >= 4 is 25.7 Å². The Morgan fingerprint density at radius 1 is 0.808 bits per heavy atom. The third-order valence-corrected chi connectivity index (χ3v) is 4.97. The van der Waals surface area contributed by atoms with E-state index in [9.17, 15) is 9.59 Å². The predicted molar refractivity (Wildman–Crippen MR) is 111 cm³/mol. The summed E-state index contributed by atoms with van der Waals surface area (Å²) in [6.07, 6.45) is 0.833. The van der Waals surface area contributed by atoms with Crippen molar-refractivity contribution < 1.29 is 9.59 Å². The minimum Gasteiger partial charge on any atom is -0.298 e. The van der Waals surface area contributed by atoms with Gasteiger partial charge in [0.2, 0.25) is 0 Å². The van der Waals surface area contributed by atoms with Gasteiger partial charge in [0.1, 0.15) is 6.29 Å². The van der Waals surface area contributed by atoms with Gasteiger partial charge >= 0.3 is 0 Å². The number of carbonyl (C=O) groups excluding carboxylic acids is 2. The van der Waals surface area contributed by atoms with Crippen molar-refractivity contribution in [2.45, 2.75) is 20.8 Å². The molecule has 26 heavy (non-hydrogen) atoms. The van der Waals surface area contributed by atoms with Gasteiger partial charge in [-0.2, -0.15) is 0 Å². The van der Waals surface area contributed by atoms with Crippen LogP contribution in [0.4, 0.5) is 0 Å². The molecule has 0 aromatic heterocycles. The molecule has 0 N–H and O–H groups in total. The van der Waals surface area contributed by atoms with Gasteiger partial charge in [0.05, 0.1) is 0 Å². The molecule has 0 amide bonds. The summed E-state index contributed by atoms with van der Waals surface area (Å²) in [7, 11) is 0.206. The van der Waals surface area contributed by atoms with Crippen LogP contribution < -0.4 is 5.30 Å². The first-order chi connectivity index (χ1) is 12.5. The average molecular weight is 362 g/mol. The van der Waals surface area contributed by atoms with Crippen LogP contribution in [0.25, 0.3) is 0 Å². The lowest BCUT2D eigenvalue weighted by Gasteiger charge is -2.10. The van der Waals surface area contributed by atoms with E-state index < -0.39 is 0 Å². The molecular formula is C23H23O2P. The lowest BCUT2D eigenvalue weighted by Crippen LogP contribution is -2.04. The fourth-order valence-electron chi connectivity index (χ4n) is 2.78. The summed E-state index contributed by atoms with van der Waals surface area (Å²) in [6, 6.07) is 23.2. The third kappa shape index (κ3) is 5.75. The standard InChI is InChI=1S/C16H17OP.C7H6O/c1-11-9-12(2)15(13(3)10-11)16(17)18-14-7-5-4-6-8-14;8-6-7-4-2-1-3-5-7/h4-10,18H,1-3H3;1-6H. The van der Waals surface area contributed by atoms with E-state index >= 15 is 0 Å². The van der Waals surface area contributed by atoms with Gasteiger partial charge in [0.25, 0.3) is 0 Å². The molecule has 3 rings (SSSR count). The van der Waals surface area contributed by atoms with E-state index in [0.29, 0.717) is 0 Å². The van der Waals surface area contributed by atoms with Gasteiger partial charge in [-0.1, -0.05) is 78.4 Å². The van der Waals surface area contributed by atoms with E-state index in [1.54, 1.807) is 12.1 Å². The van der Waals surface area contributed by atoms with Crippen LogP contribution in [0.5, 0.6) is 0 Å². The first-order valence-electron chi connectivity index (χ1n) is 8.45. The molecular weight excluding hydrogens is 339 g/mol. The summed E-state index contributed by atoms with van der Waals surface area (Å²) < 4.78 is 0. The number of rotatable bonds is 4. The van der Waals surface area contributed by atoms with Gasteiger partial charge in [-0.05, 0) is 45.8 Å². The Hall–Kier alpha value is -2.57. The molecule has 1 unspecified atom stereocenters. The van der Waals surface area contributed by atoms with E-state index in [0.717, 1.165) is 33.8 Å². The molecule has 0 fully saturated rings. The molecule has 0 spiro atoms. The molecule has 0 saturated carbocycles. The van der Waals surface area contributed by atoms with Crippen molar-refractivity contribution in [1.82, 2.24) is 0 Å². The van der Waals surface area contributed by atoms with Crippen LogP contribution in [0.1, 0.15) is 37.4 Å². The number of aldehydes is 1. The molecule has 3 heteroatoms. The smallest absolute Gasteiger partial charge is 0.186 e. The Bertz CT molecular complexity index is 848. The van der Waals surface area contributed by atoms with E-state index in [1.807, 2.05) is 62.4 Å². The monoisotopic (exact) mass is 362 g/mol. The molecule has 132 valence electrons. The van der Waals surface area contributed by atoms with Crippen molar-refractivity contribution in [2.24, 2.45) is 0 Å². The zero-order chi connectivity index (χ0) is 18.9. The Morgan fingerprint density at radius 2 is 1.31 bits per heavy atom. The second-order valence-electron chi connectivity index (χ2n) is 6.12. The van der Waals surface area contributed by atoms with Crippen molar-refractivity contribution in [3.63, 3.8) is 0 Å². The van der Waals surface area contributed by atoms with E-state index in [4.69, 9.17) is 0 Å². The number of hydrogen-bond donors (Lipinski definition) is 0. The zero-order valence-electron chi connectivity index (χ0n) is 15.3. The van der Waals surface area contributed by atoms with Crippen LogP contribution >= 0.6 is 8.58 Å². The predicted octanol–water partition coefficient (Wildman–Crippen LogP) is 5.26. The summed E-state index contributed by atoms with van der Waals surface area (Å²) in [5.41, 5.74) is 5.23. The van der Waals surface area contributed by atoms with E-state index in [-0.39, 0.29) is 14.1 Å². The largest absolute Gasteiger partial charge is 0.298 e.